The van der Waals surface area contributed by atoms with Crippen molar-refractivity contribution in [3.05, 3.63) is 114 Å². The van der Waals surface area contributed by atoms with Crippen LogP contribution >= 0.6 is 12.6 Å². The predicted octanol–water partition coefficient (Wildman–Crippen LogP) is 2.76. The fraction of sp³-hybridized carbons (Fsp3) is 0.133. The number of amides is 4. The number of ether oxygens (including phenoxy) is 1. The number of nitrogens with one attached hydrogen (secondary N) is 3. The number of hydrogen-bond donors (Lipinski definition) is 5. The number of aromatic nitrogens is 2. The first-order valence-corrected chi connectivity index (χ1v) is 13.5. The van der Waals surface area contributed by atoms with Gasteiger partial charge in [-0.25, -0.2) is 4.98 Å². The van der Waals surface area contributed by atoms with E-state index in [1.54, 1.807) is 48.5 Å². The number of thiol groups is 1. The number of primary amides is 1. The molecule has 4 rings (SSSR count). The van der Waals surface area contributed by atoms with Crippen molar-refractivity contribution in [1.82, 2.24) is 20.6 Å². The summed E-state index contributed by atoms with van der Waals surface area (Å²) in [5, 5.41) is 8.00. The number of nitrogens with zero attached hydrogens (tertiary/aromatic N) is 2. The number of para-hydroxylation sites is 1. The van der Waals surface area contributed by atoms with Gasteiger partial charge in [0.2, 0.25) is 11.8 Å². The van der Waals surface area contributed by atoms with E-state index in [1.807, 2.05) is 30.3 Å². The van der Waals surface area contributed by atoms with Gasteiger partial charge in [-0.15, -0.1) is 0 Å². The summed E-state index contributed by atoms with van der Waals surface area (Å²) < 4.78 is 5.77. The van der Waals surface area contributed by atoms with Gasteiger partial charge in [-0.1, -0.05) is 30.3 Å². The van der Waals surface area contributed by atoms with Crippen LogP contribution in [0, 0.1) is 0 Å². The van der Waals surface area contributed by atoms with Gasteiger partial charge < -0.3 is 26.4 Å². The molecular formula is C30H28N6O5S. The van der Waals surface area contributed by atoms with Crippen molar-refractivity contribution in [2.45, 2.75) is 18.5 Å². The van der Waals surface area contributed by atoms with Gasteiger partial charge in [0, 0.05) is 35.8 Å². The highest BCUT2D eigenvalue weighted by molar-refractivity contribution is 7.80. The number of carbonyl (C=O) groups is 4. The second kappa shape index (κ2) is 14.4. The summed E-state index contributed by atoms with van der Waals surface area (Å²) >= 11 is 4.08. The van der Waals surface area contributed by atoms with Gasteiger partial charge in [-0.05, 0) is 54.1 Å². The normalized spacial score (nSPS) is 11.9. The zero-order chi connectivity index (χ0) is 29.9. The standard InChI is InChI=1S/C30H28N6O5S/c31-27(37)26(18-42)36-29(39)24(16-19-6-10-21(11-7-19)34-30(40)25-17-32-14-15-33-25)35-28(38)20-8-12-23(13-9-20)41-22-4-2-1-3-5-22/h1-15,17,24,26,42H,16,18H2,(H2,31,37)(H,34,40)(H,35,38)(H,36,39)/t24-,26-/m0/s1. The van der Waals surface area contributed by atoms with Crippen LogP contribution in [0.3, 0.4) is 0 Å². The molecule has 0 radical (unpaired) electrons. The highest BCUT2D eigenvalue weighted by Gasteiger charge is 2.26. The molecule has 0 aliphatic rings. The third-order valence-corrected chi connectivity index (χ3v) is 6.37. The lowest BCUT2D eigenvalue weighted by molar-refractivity contribution is -0.128. The van der Waals surface area contributed by atoms with Gasteiger partial charge in [-0.2, -0.15) is 12.6 Å². The van der Waals surface area contributed by atoms with E-state index in [-0.39, 0.29) is 17.9 Å². The highest BCUT2D eigenvalue weighted by atomic mass is 32.1. The van der Waals surface area contributed by atoms with Gasteiger partial charge in [0.25, 0.3) is 11.8 Å². The fourth-order valence-corrected chi connectivity index (χ4v) is 4.07. The van der Waals surface area contributed by atoms with Crippen LogP contribution in [-0.2, 0) is 16.0 Å². The minimum atomic E-state index is -1.06. The fourth-order valence-electron chi connectivity index (χ4n) is 3.80. The molecule has 0 spiro atoms. The smallest absolute Gasteiger partial charge is 0.275 e. The van der Waals surface area contributed by atoms with Crippen molar-refractivity contribution in [3.63, 3.8) is 0 Å². The largest absolute Gasteiger partial charge is 0.457 e. The summed E-state index contributed by atoms with van der Waals surface area (Å²) in [5.41, 5.74) is 7.01. The van der Waals surface area contributed by atoms with Crippen molar-refractivity contribution in [1.29, 1.82) is 0 Å². The number of rotatable bonds is 12. The summed E-state index contributed by atoms with van der Waals surface area (Å²) in [7, 11) is 0. The molecule has 214 valence electrons. The Labute approximate surface area is 247 Å². The first-order valence-electron chi connectivity index (χ1n) is 12.8. The molecule has 12 heteroatoms. The van der Waals surface area contributed by atoms with Crippen molar-refractivity contribution >= 4 is 41.9 Å². The van der Waals surface area contributed by atoms with Crippen LogP contribution in [0.5, 0.6) is 11.5 Å². The minimum Gasteiger partial charge on any atom is -0.457 e. The van der Waals surface area contributed by atoms with Crippen LogP contribution < -0.4 is 26.4 Å². The van der Waals surface area contributed by atoms with E-state index >= 15 is 0 Å². The third-order valence-electron chi connectivity index (χ3n) is 6.01. The number of hydrogen-bond acceptors (Lipinski definition) is 8. The van der Waals surface area contributed by atoms with Crippen molar-refractivity contribution in [3.8, 4) is 11.5 Å². The molecule has 0 saturated heterocycles. The summed E-state index contributed by atoms with van der Waals surface area (Å²) in [4.78, 5) is 58.2. The van der Waals surface area contributed by atoms with Gasteiger partial charge in [0.05, 0.1) is 6.20 Å². The molecule has 11 nitrogen and oxygen atoms in total. The average molecular weight is 585 g/mol. The number of carbonyl (C=O) groups excluding carboxylic acids is 4. The molecular weight excluding hydrogens is 556 g/mol. The highest BCUT2D eigenvalue weighted by Crippen LogP contribution is 2.21. The first-order chi connectivity index (χ1) is 20.3. The van der Waals surface area contributed by atoms with Crippen LogP contribution in [0.2, 0.25) is 0 Å². The maximum Gasteiger partial charge on any atom is 0.275 e. The molecule has 1 aromatic heterocycles. The molecule has 1 heterocycles. The molecule has 2 atom stereocenters. The molecule has 0 saturated carbocycles. The van der Waals surface area contributed by atoms with E-state index in [9.17, 15) is 19.2 Å². The van der Waals surface area contributed by atoms with E-state index in [0.29, 0.717) is 28.3 Å². The van der Waals surface area contributed by atoms with Gasteiger partial charge in [0.15, 0.2) is 0 Å². The van der Waals surface area contributed by atoms with E-state index in [4.69, 9.17) is 10.5 Å². The first kappa shape index (κ1) is 29.7. The Bertz CT molecular complexity index is 1520. The Morgan fingerprint density at radius 1 is 0.810 bits per heavy atom. The zero-order valence-corrected chi connectivity index (χ0v) is 23.2. The summed E-state index contributed by atoms with van der Waals surface area (Å²) in [5.74, 6) is -1.10. The lowest BCUT2D eigenvalue weighted by Gasteiger charge is -2.21. The number of nitrogens with two attached hydrogens (primary N) is 1. The third kappa shape index (κ3) is 8.38. The molecule has 42 heavy (non-hydrogen) atoms. The molecule has 3 aromatic carbocycles. The molecule has 4 amide bonds. The molecule has 0 fully saturated rings. The quantitative estimate of drug-likeness (QED) is 0.160. The lowest BCUT2D eigenvalue weighted by Crippen LogP contribution is -2.54. The second-order valence-electron chi connectivity index (χ2n) is 9.06. The van der Waals surface area contributed by atoms with Crippen molar-refractivity contribution in [2.24, 2.45) is 5.73 Å². The van der Waals surface area contributed by atoms with Crippen LogP contribution in [0.4, 0.5) is 5.69 Å². The number of anilines is 1. The molecule has 0 bridgehead atoms. The Hall–Kier alpha value is -5.23. The summed E-state index contributed by atoms with van der Waals surface area (Å²) in [6.45, 7) is 0. The van der Waals surface area contributed by atoms with E-state index < -0.39 is 35.7 Å². The van der Waals surface area contributed by atoms with Crippen molar-refractivity contribution in [2.75, 3.05) is 11.1 Å². The SMILES string of the molecule is NC(=O)[C@H](CS)NC(=O)[C@H](Cc1ccc(NC(=O)c2cnccn2)cc1)NC(=O)c1ccc(Oc2ccccc2)cc1. The Balaban J connectivity index is 1.45. The Kier molecular flexibility index (Phi) is 10.2. The maximum absolute atomic E-state index is 13.2. The maximum atomic E-state index is 13.2. The monoisotopic (exact) mass is 584 g/mol. The van der Waals surface area contributed by atoms with Crippen LogP contribution in [-0.4, -0.2) is 51.4 Å². The molecule has 4 aromatic rings. The second-order valence-corrected chi connectivity index (χ2v) is 9.42. The van der Waals surface area contributed by atoms with Gasteiger partial charge in [0.1, 0.15) is 29.3 Å². The Morgan fingerprint density at radius 2 is 1.50 bits per heavy atom. The van der Waals surface area contributed by atoms with Crippen LogP contribution in [0.1, 0.15) is 26.4 Å². The van der Waals surface area contributed by atoms with E-state index in [1.165, 1.54) is 18.6 Å². The molecule has 5 N–H and O–H groups in total. The van der Waals surface area contributed by atoms with Gasteiger partial charge >= 0.3 is 0 Å². The van der Waals surface area contributed by atoms with Crippen LogP contribution in [0.25, 0.3) is 0 Å². The lowest BCUT2D eigenvalue weighted by atomic mass is 10.0. The number of benzene rings is 3. The summed E-state index contributed by atoms with van der Waals surface area (Å²) in [6.07, 6.45) is 4.32. The average Bonchev–Trinajstić information content (AvgIpc) is 3.01. The van der Waals surface area contributed by atoms with Crippen LogP contribution in [0.15, 0.2) is 97.5 Å². The molecule has 0 aliphatic heterocycles. The molecule has 0 aliphatic carbocycles. The topological polar surface area (TPSA) is 165 Å². The minimum absolute atomic E-state index is 0.00912. The summed E-state index contributed by atoms with van der Waals surface area (Å²) in [6, 6.07) is 20.3. The zero-order valence-electron chi connectivity index (χ0n) is 22.3. The predicted molar refractivity (Wildman–Crippen MR) is 159 cm³/mol. The van der Waals surface area contributed by atoms with E-state index in [0.717, 1.165) is 0 Å². The van der Waals surface area contributed by atoms with Crippen molar-refractivity contribution < 1.29 is 23.9 Å². The van der Waals surface area contributed by atoms with E-state index in [2.05, 4.69) is 38.5 Å². The Morgan fingerprint density at radius 3 is 2.12 bits per heavy atom. The van der Waals surface area contributed by atoms with Gasteiger partial charge in [-0.3, -0.25) is 24.2 Å². The molecule has 0 unspecified atom stereocenters.